The Morgan fingerprint density at radius 2 is 1.57 bits per heavy atom. The minimum absolute atomic E-state index is 0.0184. The molecule has 5 aromatic rings. The molecule has 0 spiro atoms. The maximum absolute atomic E-state index is 13.7. The molecule has 202 valence electrons. The van der Waals surface area contributed by atoms with Crippen molar-refractivity contribution in [3.8, 4) is 11.3 Å². The lowest BCUT2D eigenvalue weighted by Gasteiger charge is -2.13. The molecule has 1 atom stereocenters. The summed E-state index contributed by atoms with van der Waals surface area (Å²) < 4.78 is 26.2. The summed E-state index contributed by atoms with van der Waals surface area (Å²) in [5.41, 5.74) is 6.73. The Kier molecular flexibility index (Phi) is 6.59. The monoisotopic (exact) mass is 551 g/mol. The molecular formula is C31H29N5O3S. The fraction of sp³-hybridized carbons (Fsp3) is 0.194. The number of para-hydroxylation sites is 1. The number of carbonyl (C=O) groups excluding carboxylic acids is 1. The van der Waals surface area contributed by atoms with Crippen LogP contribution in [0.15, 0.2) is 84.9 Å². The van der Waals surface area contributed by atoms with Crippen molar-refractivity contribution in [2.45, 2.75) is 26.3 Å². The number of benzene rings is 3. The zero-order chi connectivity index (χ0) is 27.9. The highest BCUT2D eigenvalue weighted by Gasteiger charge is 2.32. The van der Waals surface area contributed by atoms with Crippen LogP contribution in [0.4, 0.5) is 17.1 Å². The quantitative estimate of drug-likeness (QED) is 0.265. The van der Waals surface area contributed by atoms with E-state index in [0.29, 0.717) is 40.1 Å². The van der Waals surface area contributed by atoms with Crippen LogP contribution in [0.2, 0.25) is 0 Å². The molecule has 0 radical (unpaired) electrons. The molecule has 2 aromatic heterocycles. The van der Waals surface area contributed by atoms with Gasteiger partial charge in [-0.2, -0.15) is 5.10 Å². The molecule has 0 aliphatic carbocycles. The lowest BCUT2D eigenvalue weighted by molar-refractivity contribution is 0.102. The average Bonchev–Trinajstić information content (AvgIpc) is 3.48. The van der Waals surface area contributed by atoms with E-state index in [1.54, 1.807) is 10.7 Å². The summed E-state index contributed by atoms with van der Waals surface area (Å²) in [5.74, 6) is -0.144. The predicted octanol–water partition coefficient (Wildman–Crippen LogP) is 6.07. The molecule has 1 unspecified atom stereocenters. The highest BCUT2D eigenvalue weighted by Crippen LogP contribution is 2.32. The number of sulfone groups is 1. The van der Waals surface area contributed by atoms with Gasteiger partial charge in [0.2, 0.25) is 0 Å². The molecule has 3 aromatic carbocycles. The summed E-state index contributed by atoms with van der Waals surface area (Å²) in [4.78, 5) is 18.6. The van der Waals surface area contributed by atoms with Gasteiger partial charge in [0, 0.05) is 22.6 Å². The van der Waals surface area contributed by atoms with Gasteiger partial charge in [-0.15, -0.1) is 0 Å². The zero-order valence-corrected chi connectivity index (χ0v) is 23.1. The Morgan fingerprint density at radius 3 is 2.25 bits per heavy atom. The third-order valence-electron chi connectivity index (χ3n) is 7.19. The minimum Gasteiger partial charge on any atom is -0.356 e. The molecule has 6 rings (SSSR count). The van der Waals surface area contributed by atoms with E-state index >= 15 is 0 Å². The largest absolute Gasteiger partial charge is 0.356 e. The van der Waals surface area contributed by atoms with Crippen molar-refractivity contribution in [1.82, 2.24) is 14.8 Å². The van der Waals surface area contributed by atoms with E-state index in [2.05, 4.69) is 15.7 Å². The Morgan fingerprint density at radius 1 is 0.900 bits per heavy atom. The van der Waals surface area contributed by atoms with Crippen LogP contribution in [0.3, 0.4) is 0 Å². The molecule has 40 heavy (non-hydrogen) atoms. The van der Waals surface area contributed by atoms with Crippen LogP contribution in [-0.2, 0) is 9.84 Å². The Labute approximate surface area is 233 Å². The first-order chi connectivity index (χ1) is 19.3. The van der Waals surface area contributed by atoms with E-state index in [1.807, 2.05) is 92.7 Å². The molecular weight excluding hydrogens is 522 g/mol. The van der Waals surface area contributed by atoms with Crippen LogP contribution in [0.5, 0.6) is 0 Å². The van der Waals surface area contributed by atoms with Crippen LogP contribution in [0.25, 0.3) is 22.3 Å². The lowest BCUT2D eigenvalue weighted by atomic mass is 10.0. The summed E-state index contributed by atoms with van der Waals surface area (Å²) >= 11 is 0. The Hall–Kier alpha value is -4.50. The van der Waals surface area contributed by atoms with Crippen molar-refractivity contribution >= 4 is 43.8 Å². The molecule has 1 fully saturated rings. The fourth-order valence-electron chi connectivity index (χ4n) is 5.11. The highest BCUT2D eigenvalue weighted by molar-refractivity contribution is 7.91. The van der Waals surface area contributed by atoms with Gasteiger partial charge >= 0.3 is 0 Å². The van der Waals surface area contributed by atoms with Gasteiger partial charge in [-0.05, 0) is 62.7 Å². The lowest BCUT2D eigenvalue weighted by Crippen LogP contribution is -2.15. The van der Waals surface area contributed by atoms with Gasteiger partial charge in [0.15, 0.2) is 15.5 Å². The normalized spacial score (nSPS) is 16.2. The first kappa shape index (κ1) is 25.8. The minimum atomic E-state index is -3.13. The molecule has 1 amide bonds. The Balaban J connectivity index is 1.37. The maximum atomic E-state index is 13.7. The van der Waals surface area contributed by atoms with Crippen LogP contribution < -0.4 is 10.6 Å². The first-order valence-corrected chi connectivity index (χ1v) is 15.0. The molecule has 1 aliphatic heterocycles. The van der Waals surface area contributed by atoms with E-state index in [1.165, 1.54) is 0 Å². The van der Waals surface area contributed by atoms with Gasteiger partial charge < -0.3 is 10.6 Å². The summed E-state index contributed by atoms with van der Waals surface area (Å²) in [5, 5.41) is 11.7. The smallest absolute Gasteiger partial charge is 0.256 e. The second-order valence-electron chi connectivity index (χ2n) is 10.2. The first-order valence-electron chi connectivity index (χ1n) is 13.2. The van der Waals surface area contributed by atoms with Gasteiger partial charge in [0.1, 0.15) is 0 Å². The number of hydrogen-bond donors (Lipinski definition) is 2. The summed E-state index contributed by atoms with van der Waals surface area (Å²) in [6.45, 7) is 3.84. The standard InChI is InChI=1S/C31H29N5O3S/c1-20-8-10-22(11-9-20)28-18-27(29-21(2)35-36(30(29)34-28)26-16-17-40(38,39)19-26)31(37)33-25-14-12-24(13-15-25)32-23-6-4-3-5-7-23/h3-15,18,26,32H,16-17,19H2,1-2H3,(H,33,37). The van der Waals surface area contributed by atoms with Gasteiger partial charge in [0.25, 0.3) is 5.91 Å². The molecule has 9 heteroatoms. The van der Waals surface area contributed by atoms with Crippen molar-refractivity contribution in [2.75, 3.05) is 22.1 Å². The van der Waals surface area contributed by atoms with E-state index in [9.17, 15) is 13.2 Å². The molecule has 8 nitrogen and oxygen atoms in total. The molecule has 1 saturated heterocycles. The number of rotatable bonds is 6. The van der Waals surface area contributed by atoms with Crippen molar-refractivity contribution in [2.24, 2.45) is 0 Å². The van der Waals surface area contributed by atoms with E-state index in [4.69, 9.17) is 4.98 Å². The SMILES string of the molecule is Cc1ccc(-c2cc(C(=O)Nc3ccc(Nc4ccccc4)cc3)c3c(C)nn(C4CCS(=O)(=O)C4)c3n2)cc1. The molecule has 3 heterocycles. The summed E-state index contributed by atoms with van der Waals surface area (Å²) in [6, 6.07) is 26.8. The van der Waals surface area contributed by atoms with Crippen molar-refractivity contribution in [1.29, 1.82) is 0 Å². The van der Waals surface area contributed by atoms with E-state index < -0.39 is 9.84 Å². The molecule has 1 aliphatic rings. The van der Waals surface area contributed by atoms with E-state index in [0.717, 1.165) is 22.5 Å². The van der Waals surface area contributed by atoms with Gasteiger partial charge in [0.05, 0.1) is 39.9 Å². The molecule has 0 saturated carbocycles. The van der Waals surface area contributed by atoms with Crippen molar-refractivity contribution < 1.29 is 13.2 Å². The van der Waals surface area contributed by atoms with Gasteiger partial charge in [-0.3, -0.25) is 4.79 Å². The second-order valence-corrected chi connectivity index (χ2v) is 12.5. The van der Waals surface area contributed by atoms with Crippen LogP contribution in [0.1, 0.15) is 34.1 Å². The third-order valence-corrected chi connectivity index (χ3v) is 8.94. The highest BCUT2D eigenvalue weighted by atomic mass is 32.2. The number of pyridine rings is 1. The summed E-state index contributed by atoms with van der Waals surface area (Å²) in [6.07, 6.45) is 0.472. The topological polar surface area (TPSA) is 106 Å². The number of hydrogen-bond acceptors (Lipinski definition) is 6. The van der Waals surface area contributed by atoms with E-state index in [-0.39, 0.29) is 23.5 Å². The number of amides is 1. The van der Waals surface area contributed by atoms with Crippen LogP contribution >= 0.6 is 0 Å². The number of nitrogens with zero attached hydrogens (tertiary/aromatic N) is 3. The predicted molar refractivity (Wildman–Crippen MR) is 159 cm³/mol. The maximum Gasteiger partial charge on any atom is 0.256 e. The van der Waals surface area contributed by atoms with Gasteiger partial charge in [-0.25, -0.2) is 18.1 Å². The van der Waals surface area contributed by atoms with Crippen molar-refractivity contribution in [3.63, 3.8) is 0 Å². The molecule has 2 N–H and O–H groups in total. The van der Waals surface area contributed by atoms with Crippen LogP contribution in [-0.4, -0.2) is 40.6 Å². The average molecular weight is 552 g/mol. The number of nitrogens with one attached hydrogen (secondary N) is 2. The number of aryl methyl sites for hydroxylation is 2. The fourth-order valence-corrected chi connectivity index (χ4v) is 6.80. The zero-order valence-electron chi connectivity index (χ0n) is 22.3. The third kappa shape index (κ3) is 5.20. The number of anilines is 3. The van der Waals surface area contributed by atoms with Crippen LogP contribution in [0, 0.1) is 13.8 Å². The number of carbonyl (C=O) groups is 1. The van der Waals surface area contributed by atoms with Gasteiger partial charge in [-0.1, -0.05) is 48.0 Å². The summed E-state index contributed by atoms with van der Waals surface area (Å²) in [7, 11) is -3.13. The molecule has 0 bridgehead atoms. The van der Waals surface area contributed by atoms with Crippen molar-refractivity contribution in [3.05, 3.63) is 102 Å². The number of fused-ring (bicyclic) bond motifs is 1. The number of aromatic nitrogens is 3. The second kappa shape index (κ2) is 10.2. The Bertz CT molecular complexity index is 1810.